The highest BCUT2D eigenvalue weighted by atomic mass is 19.1. The number of aliphatic hydroxyl groups excluding tert-OH is 3. The number of nitro benzene ring substituents is 1. The highest BCUT2D eigenvalue weighted by molar-refractivity contribution is 5.49. The number of phenolic OH excluding ortho intramolecular Hbond substituents is 1. The number of benzene rings is 1. The highest BCUT2D eigenvalue weighted by Gasteiger charge is 2.26. The summed E-state index contributed by atoms with van der Waals surface area (Å²) in [4.78, 5) is 9.60. The molecule has 100 valence electrons. The van der Waals surface area contributed by atoms with Gasteiger partial charge in [-0.3, -0.25) is 10.1 Å². The lowest BCUT2D eigenvalue weighted by atomic mass is 10.0. The van der Waals surface area contributed by atoms with Gasteiger partial charge in [-0.15, -0.1) is 0 Å². The second-order valence-corrected chi connectivity index (χ2v) is 3.64. The standard InChI is InChI=1S/C10H12FNO6/c11-6-4-9(15)7(12(17)18)3-5(6)10(16)8(14)1-2-13/h3-4,8,10,13-16H,1-2H2. The van der Waals surface area contributed by atoms with Crippen LogP contribution in [0.25, 0.3) is 0 Å². The molecule has 0 aliphatic rings. The lowest BCUT2D eigenvalue weighted by Gasteiger charge is -2.17. The summed E-state index contributed by atoms with van der Waals surface area (Å²) in [6, 6.07) is 1.14. The van der Waals surface area contributed by atoms with Crippen LogP contribution < -0.4 is 0 Å². The normalized spacial score (nSPS) is 14.2. The third kappa shape index (κ3) is 2.92. The van der Waals surface area contributed by atoms with Crippen molar-refractivity contribution in [3.63, 3.8) is 0 Å². The minimum Gasteiger partial charge on any atom is -0.502 e. The molecule has 2 atom stereocenters. The van der Waals surface area contributed by atoms with Gasteiger partial charge in [0.2, 0.25) is 0 Å². The lowest BCUT2D eigenvalue weighted by Crippen LogP contribution is -2.20. The maximum atomic E-state index is 13.4. The molecule has 8 heteroatoms. The zero-order chi connectivity index (χ0) is 13.9. The number of hydrogen-bond donors (Lipinski definition) is 4. The van der Waals surface area contributed by atoms with Gasteiger partial charge in [0.25, 0.3) is 0 Å². The van der Waals surface area contributed by atoms with Crippen LogP contribution in [0.1, 0.15) is 18.1 Å². The van der Waals surface area contributed by atoms with Crippen molar-refractivity contribution in [3.05, 3.63) is 33.6 Å². The van der Waals surface area contributed by atoms with Crippen LogP contribution in [0, 0.1) is 15.9 Å². The molecule has 0 fully saturated rings. The number of hydrogen-bond acceptors (Lipinski definition) is 6. The Hall–Kier alpha value is -1.77. The van der Waals surface area contributed by atoms with Crippen molar-refractivity contribution in [3.8, 4) is 5.75 Å². The van der Waals surface area contributed by atoms with Gasteiger partial charge in [-0.05, 0) is 6.42 Å². The van der Waals surface area contributed by atoms with Crippen molar-refractivity contribution >= 4 is 5.69 Å². The van der Waals surface area contributed by atoms with Gasteiger partial charge in [0.15, 0.2) is 5.75 Å². The van der Waals surface area contributed by atoms with Crippen LogP contribution in [-0.4, -0.2) is 38.1 Å². The van der Waals surface area contributed by atoms with Crippen LogP contribution in [0.15, 0.2) is 12.1 Å². The average molecular weight is 261 g/mol. The van der Waals surface area contributed by atoms with Gasteiger partial charge < -0.3 is 20.4 Å². The highest BCUT2D eigenvalue weighted by Crippen LogP contribution is 2.32. The van der Waals surface area contributed by atoms with Crippen LogP contribution in [0.5, 0.6) is 5.75 Å². The summed E-state index contributed by atoms with van der Waals surface area (Å²) >= 11 is 0. The van der Waals surface area contributed by atoms with Gasteiger partial charge in [0.05, 0.1) is 11.0 Å². The van der Waals surface area contributed by atoms with Crippen LogP contribution in [0.4, 0.5) is 10.1 Å². The number of aliphatic hydroxyl groups is 3. The Balaban J connectivity index is 3.15. The van der Waals surface area contributed by atoms with E-state index in [0.29, 0.717) is 12.1 Å². The van der Waals surface area contributed by atoms with Crippen LogP contribution in [-0.2, 0) is 0 Å². The molecule has 0 saturated carbocycles. The molecule has 7 nitrogen and oxygen atoms in total. The SMILES string of the molecule is O=[N+]([O-])c1cc(C(O)C(O)CCO)c(F)cc1O. The quantitative estimate of drug-likeness (QED) is 0.444. The predicted molar refractivity (Wildman–Crippen MR) is 57.4 cm³/mol. The van der Waals surface area contributed by atoms with Gasteiger partial charge in [0, 0.05) is 24.3 Å². The van der Waals surface area contributed by atoms with E-state index in [9.17, 15) is 24.7 Å². The molecule has 4 N–H and O–H groups in total. The maximum Gasteiger partial charge on any atom is 0.311 e. The fourth-order valence-corrected chi connectivity index (χ4v) is 1.44. The van der Waals surface area contributed by atoms with Gasteiger partial charge in [-0.2, -0.15) is 0 Å². The average Bonchev–Trinajstić information content (AvgIpc) is 2.28. The molecule has 1 rings (SSSR count). The number of aromatic hydroxyl groups is 1. The van der Waals surface area contributed by atoms with Crippen molar-refractivity contribution in [1.29, 1.82) is 0 Å². The lowest BCUT2D eigenvalue weighted by molar-refractivity contribution is -0.386. The third-order valence-electron chi connectivity index (χ3n) is 2.40. The summed E-state index contributed by atoms with van der Waals surface area (Å²) in [6.45, 7) is -0.431. The molecule has 0 heterocycles. The van der Waals surface area contributed by atoms with E-state index in [0.717, 1.165) is 0 Å². The van der Waals surface area contributed by atoms with Gasteiger partial charge in [-0.1, -0.05) is 0 Å². The molecular formula is C10H12FNO6. The second kappa shape index (κ2) is 5.71. The largest absolute Gasteiger partial charge is 0.502 e. The molecule has 18 heavy (non-hydrogen) atoms. The fraction of sp³-hybridized carbons (Fsp3) is 0.400. The van der Waals surface area contributed by atoms with Gasteiger partial charge >= 0.3 is 5.69 Å². The summed E-state index contributed by atoms with van der Waals surface area (Å²) < 4.78 is 13.4. The number of phenols is 1. The van der Waals surface area contributed by atoms with Crippen molar-refractivity contribution < 1.29 is 29.7 Å². The molecule has 0 saturated heterocycles. The van der Waals surface area contributed by atoms with Gasteiger partial charge in [0.1, 0.15) is 11.9 Å². The molecule has 0 aliphatic carbocycles. The Labute approximate surface area is 101 Å². The Kier molecular flexibility index (Phi) is 4.54. The number of rotatable bonds is 5. The Morgan fingerprint density at radius 3 is 2.50 bits per heavy atom. The maximum absolute atomic E-state index is 13.4. The summed E-state index contributed by atoms with van der Waals surface area (Å²) in [6.07, 6.45) is -3.40. The van der Waals surface area contributed by atoms with Crippen LogP contribution in [0.2, 0.25) is 0 Å². The Morgan fingerprint density at radius 1 is 1.39 bits per heavy atom. The number of halogens is 1. The topological polar surface area (TPSA) is 124 Å². The van der Waals surface area contributed by atoms with E-state index in [1.54, 1.807) is 0 Å². The molecule has 0 bridgehead atoms. The third-order valence-corrected chi connectivity index (χ3v) is 2.40. The van der Waals surface area contributed by atoms with Crippen molar-refractivity contribution in [2.24, 2.45) is 0 Å². The van der Waals surface area contributed by atoms with E-state index in [-0.39, 0.29) is 6.42 Å². The van der Waals surface area contributed by atoms with Crippen LogP contribution in [0.3, 0.4) is 0 Å². The van der Waals surface area contributed by atoms with E-state index in [2.05, 4.69) is 0 Å². The number of nitro groups is 1. The summed E-state index contributed by atoms with van der Waals surface area (Å²) in [5.74, 6) is -1.95. The van der Waals surface area contributed by atoms with Gasteiger partial charge in [-0.25, -0.2) is 4.39 Å². The summed E-state index contributed by atoms with van der Waals surface area (Å²) in [5.41, 5.74) is -1.29. The molecule has 0 spiro atoms. The minimum atomic E-state index is -1.73. The second-order valence-electron chi connectivity index (χ2n) is 3.64. The minimum absolute atomic E-state index is 0.213. The molecule has 0 radical (unpaired) electrons. The zero-order valence-corrected chi connectivity index (χ0v) is 9.15. The molecule has 0 aliphatic heterocycles. The molecule has 1 aromatic carbocycles. The fourth-order valence-electron chi connectivity index (χ4n) is 1.44. The first-order valence-corrected chi connectivity index (χ1v) is 5.02. The monoisotopic (exact) mass is 261 g/mol. The van der Waals surface area contributed by atoms with Crippen molar-refractivity contribution in [2.45, 2.75) is 18.6 Å². The Bertz CT molecular complexity index is 452. The zero-order valence-electron chi connectivity index (χ0n) is 9.15. The molecule has 0 aromatic heterocycles. The first kappa shape index (κ1) is 14.3. The smallest absolute Gasteiger partial charge is 0.311 e. The van der Waals surface area contributed by atoms with E-state index in [1.807, 2.05) is 0 Å². The van der Waals surface area contributed by atoms with Crippen LogP contribution >= 0.6 is 0 Å². The van der Waals surface area contributed by atoms with Crippen molar-refractivity contribution in [2.75, 3.05) is 6.61 Å². The number of nitrogens with zero attached hydrogens (tertiary/aromatic N) is 1. The van der Waals surface area contributed by atoms with E-state index in [4.69, 9.17) is 10.2 Å². The Morgan fingerprint density at radius 2 is 2.00 bits per heavy atom. The summed E-state index contributed by atoms with van der Waals surface area (Å²) in [5, 5.41) is 47.2. The molecule has 1 aromatic rings. The first-order valence-electron chi connectivity index (χ1n) is 5.02. The van der Waals surface area contributed by atoms with E-state index >= 15 is 0 Å². The first-order chi connectivity index (χ1) is 8.38. The molecule has 2 unspecified atom stereocenters. The van der Waals surface area contributed by atoms with E-state index in [1.165, 1.54) is 0 Å². The molecule has 0 amide bonds. The summed E-state index contributed by atoms with van der Waals surface area (Å²) in [7, 11) is 0. The van der Waals surface area contributed by atoms with Crippen molar-refractivity contribution in [1.82, 2.24) is 0 Å². The van der Waals surface area contributed by atoms with E-state index < -0.39 is 46.6 Å². The molecular weight excluding hydrogens is 249 g/mol. The predicted octanol–water partition coefficient (Wildman–Crippen LogP) is 0.216.